The number of imide groups is 1. The number of fused-ring (bicyclic) bond motifs is 1. The van der Waals surface area contributed by atoms with Crippen molar-refractivity contribution >= 4 is 46.7 Å². The quantitative estimate of drug-likeness (QED) is 0.251. The Morgan fingerprint density at radius 1 is 1.11 bits per heavy atom. The van der Waals surface area contributed by atoms with Gasteiger partial charge in [-0.2, -0.15) is 0 Å². The zero-order valence-corrected chi connectivity index (χ0v) is 14.6. The Kier molecular flexibility index (Phi) is 4.81. The minimum Gasteiger partial charge on any atom is -0.418 e. The molecule has 0 atom stereocenters. The molecule has 1 heterocycles. The van der Waals surface area contributed by atoms with Gasteiger partial charge in [-0.25, -0.2) is 9.18 Å². The summed E-state index contributed by atoms with van der Waals surface area (Å²) in [5, 5.41) is 11.0. The van der Waals surface area contributed by atoms with Crippen LogP contribution >= 0.6 is 23.2 Å². The van der Waals surface area contributed by atoms with Crippen LogP contribution in [-0.4, -0.2) is 34.2 Å². The van der Waals surface area contributed by atoms with Crippen LogP contribution in [0.2, 0.25) is 10.0 Å². The van der Waals surface area contributed by atoms with Crippen LogP contribution in [0, 0.1) is 15.9 Å². The summed E-state index contributed by atoms with van der Waals surface area (Å²) in [6.45, 7) is -0.838. The van der Waals surface area contributed by atoms with Crippen LogP contribution < -0.4 is 4.74 Å². The number of nitrogens with zero attached hydrogens (tertiary/aromatic N) is 2. The van der Waals surface area contributed by atoms with E-state index in [4.69, 9.17) is 27.9 Å². The lowest BCUT2D eigenvalue weighted by Crippen LogP contribution is -2.36. The third-order valence-corrected chi connectivity index (χ3v) is 4.36. The molecule has 1 aliphatic heterocycles. The van der Waals surface area contributed by atoms with Gasteiger partial charge in [0.25, 0.3) is 11.8 Å². The van der Waals surface area contributed by atoms with Gasteiger partial charge in [-0.05, 0) is 18.2 Å². The molecule has 0 saturated carbocycles. The van der Waals surface area contributed by atoms with Gasteiger partial charge in [0, 0.05) is 12.1 Å². The Morgan fingerprint density at radius 2 is 1.67 bits per heavy atom. The van der Waals surface area contributed by atoms with E-state index < -0.39 is 46.5 Å². The van der Waals surface area contributed by atoms with Crippen LogP contribution in [0.5, 0.6) is 5.75 Å². The van der Waals surface area contributed by atoms with E-state index in [0.717, 1.165) is 12.1 Å². The molecule has 138 valence electrons. The second-order valence-corrected chi connectivity index (χ2v) is 6.17. The molecule has 27 heavy (non-hydrogen) atoms. The Labute approximate surface area is 160 Å². The number of nitro benzene ring substituents is 1. The molecular weight excluding hydrogens is 406 g/mol. The molecule has 0 N–H and O–H groups in total. The van der Waals surface area contributed by atoms with Crippen molar-refractivity contribution in [2.45, 2.75) is 0 Å². The Bertz CT molecular complexity index is 985. The third-order valence-electron chi connectivity index (χ3n) is 3.64. The molecule has 2 aromatic rings. The summed E-state index contributed by atoms with van der Waals surface area (Å²) >= 11 is 11.6. The predicted molar refractivity (Wildman–Crippen MR) is 90.5 cm³/mol. The topological polar surface area (TPSA) is 107 Å². The second kappa shape index (κ2) is 6.93. The molecule has 3 rings (SSSR count). The first-order valence-corrected chi connectivity index (χ1v) is 7.94. The number of halogens is 3. The molecule has 0 unspecified atom stereocenters. The maximum Gasteiger partial charge on any atom is 0.331 e. The number of carbonyl (C=O) groups excluding carboxylic acids is 3. The molecule has 1 aliphatic rings. The van der Waals surface area contributed by atoms with Gasteiger partial charge in [0.2, 0.25) is 5.75 Å². The van der Waals surface area contributed by atoms with E-state index in [0.29, 0.717) is 11.0 Å². The Hall–Kier alpha value is -3.04. The third kappa shape index (κ3) is 3.46. The molecule has 0 radical (unpaired) electrons. The number of esters is 1. The highest BCUT2D eigenvalue weighted by atomic mass is 35.5. The van der Waals surface area contributed by atoms with Crippen molar-refractivity contribution in [3.63, 3.8) is 0 Å². The van der Waals surface area contributed by atoms with E-state index in [1.54, 1.807) is 0 Å². The fourth-order valence-electron chi connectivity index (χ4n) is 2.43. The van der Waals surface area contributed by atoms with Gasteiger partial charge in [-0.3, -0.25) is 24.6 Å². The van der Waals surface area contributed by atoms with E-state index in [9.17, 15) is 28.9 Å². The number of amides is 2. The average Bonchev–Trinajstić information content (AvgIpc) is 2.80. The van der Waals surface area contributed by atoms with E-state index in [1.165, 1.54) is 12.1 Å². The molecule has 0 fully saturated rings. The number of carbonyl (C=O) groups is 3. The van der Waals surface area contributed by atoms with Gasteiger partial charge in [-0.1, -0.05) is 23.2 Å². The molecular formula is C16H7Cl2FN2O6. The average molecular weight is 413 g/mol. The van der Waals surface area contributed by atoms with Crippen molar-refractivity contribution in [1.29, 1.82) is 0 Å². The maximum absolute atomic E-state index is 13.3. The van der Waals surface area contributed by atoms with Crippen molar-refractivity contribution in [1.82, 2.24) is 4.90 Å². The Morgan fingerprint density at radius 3 is 2.19 bits per heavy atom. The highest BCUT2D eigenvalue weighted by Gasteiger charge is 2.38. The largest absolute Gasteiger partial charge is 0.418 e. The van der Waals surface area contributed by atoms with Crippen LogP contribution in [0.15, 0.2) is 30.3 Å². The first kappa shape index (κ1) is 18.7. The lowest BCUT2D eigenvalue weighted by molar-refractivity contribution is -0.385. The molecule has 0 saturated heterocycles. The normalized spacial score (nSPS) is 12.9. The van der Waals surface area contributed by atoms with Crippen LogP contribution in [0.4, 0.5) is 10.1 Å². The molecule has 0 aliphatic carbocycles. The van der Waals surface area contributed by atoms with Gasteiger partial charge in [-0.15, -0.1) is 0 Å². The fraction of sp³-hybridized carbons (Fsp3) is 0.0625. The van der Waals surface area contributed by atoms with Crippen molar-refractivity contribution in [2.75, 3.05) is 6.54 Å². The second-order valence-electron chi connectivity index (χ2n) is 5.35. The molecule has 2 amide bonds. The highest BCUT2D eigenvalue weighted by Crippen LogP contribution is 2.32. The minimum atomic E-state index is -1.17. The van der Waals surface area contributed by atoms with Crippen LogP contribution in [0.25, 0.3) is 0 Å². The summed E-state index contributed by atoms with van der Waals surface area (Å²) in [4.78, 5) is 47.3. The van der Waals surface area contributed by atoms with E-state index in [1.807, 2.05) is 0 Å². The maximum atomic E-state index is 13.3. The number of hydrogen-bond donors (Lipinski definition) is 0. The first-order chi connectivity index (χ1) is 12.7. The number of rotatable bonds is 4. The fourth-order valence-corrected chi connectivity index (χ4v) is 2.76. The molecule has 0 bridgehead atoms. The summed E-state index contributed by atoms with van der Waals surface area (Å²) < 4.78 is 18.1. The van der Waals surface area contributed by atoms with E-state index in [2.05, 4.69) is 0 Å². The standard InChI is InChI=1S/C16H7Cl2FN2O6/c17-10-4-8-9(5-11(10)18)16(24)20(15(8)23)6-14(22)27-13-3-7(19)1-2-12(13)21(25)26/h1-5H,6H2. The summed E-state index contributed by atoms with van der Waals surface area (Å²) in [6.07, 6.45) is 0. The van der Waals surface area contributed by atoms with Crippen molar-refractivity contribution in [3.05, 3.63) is 67.4 Å². The number of benzene rings is 2. The predicted octanol–water partition coefficient (Wildman–Crippen LogP) is 3.24. The summed E-state index contributed by atoms with van der Waals surface area (Å²) in [5.41, 5.74) is -0.733. The highest BCUT2D eigenvalue weighted by molar-refractivity contribution is 6.43. The van der Waals surface area contributed by atoms with Crippen molar-refractivity contribution < 1.29 is 28.4 Å². The van der Waals surface area contributed by atoms with Gasteiger partial charge in [0.15, 0.2) is 0 Å². The lowest BCUT2D eigenvalue weighted by atomic mass is 10.1. The lowest BCUT2D eigenvalue weighted by Gasteiger charge is -2.12. The summed E-state index contributed by atoms with van der Waals surface area (Å²) in [6, 6.07) is 4.69. The molecule has 0 spiro atoms. The molecule has 8 nitrogen and oxygen atoms in total. The summed E-state index contributed by atoms with van der Waals surface area (Å²) in [7, 11) is 0. The summed E-state index contributed by atoms with van der Waals surface area (Å²) in [5.74, 6) is -4.30. The van der Waals surface area contributed by atoms with Crippen molar-refractivity contribution in [2.24, 2.45) is 0 Å². The monoisotopic (exact) mass is 412 g/mol. The molecule has 0 aromatic heterocycles. The van der Waals surface area contributed by atoms with Crippen molar-refractivity contribution in [3.8, 4) is 5.75 Å². The van der Waals surface area contributed by atoms with E-state index >= 15 is 0 Å². The van der Waals surface area contributed by atoms with E-state index in [-0.39, 0.29) is 21.2 Å². The number of hydrogen-bond acceptors (Lipinski definition) is 6. The molecule has 11 heteroatoms. The SMILES string of the molecule is O=C(CN1C(=O)c2cc(Cl)c(Cl)cc2C1=O)Oc1cc(F)ccc1[N+](=O)[O-]. The minimum absolute atomic E-state index is 0.0427. The number of nitro groups is 1. The zero-order chi connectivity index (χ0) is 19.9. The molecule has 2 aromatic carbocycles. The van der Waals surface area contributed by atoms with Crippen LogP contribution in [0.1, 0.15) is 20.7 Å². The smallest absolute Gasteiger partial charge is 0.331 e. The number of ether oxygens (including phenoxy) is 1. The van der Waals surface area contributed by atoms with Gasteiger partial charge < -0.3 is 4.74 Å². The zero-order valence-electron chi connectivity index (χ0n) is 13.1. The van der Waals surface area contributed by atoms with Crippen LogP contribution in [0.3, 0.4) is 0 Å². The van der Waals surface area contributed by atoms with Gasteiger partial charge in [0.1, 0.15) is 12.4 Å². The van der Waals surface area contributed by atoms with Crippen LogP contribution in [-0.2, 0) is 4.79 Å². The van der Waals surface area contributed by atoms with Gasteiger partial charge >= 0.3 is 11.7 Å². The first-order valence-electron chi connectivity index (χ1n) is 7.19. The van der Waals surface area contributed by atoms with Gasteiger partial charge in [0.05, 0.1) is 26.1 Å². The Balaban J connectivity index is 1.82.